The second-order valence-electron chi connectivity index (χ2n) is 6.59. The predicted molar refractivity (Wildman–Crippen MR) is 99.5 cm³/mol. The van der Waals surface area contributed by atoms with Crippen molar-refractivity contribution in [3.05, 3.63) is 77.9 Å². The van der Waals surface area contributed by atoms with Crippen LogP contribution in [0.2, 0.25) is 0 Å². The van der Waals surface area contributed by atoms with Crippen LogP contribution in [0.4, 0.5) is 9.18 Å². The quantitative estimate of drug-likeness (QED) is 0.489. The molecule has 1 atom stereocenters. The molecule has 0 radical (unpaired) electrons. The Morgan fingerprint density at radius 1 is 1.00 bits per heavy atom. The number of rotatable bonds is 5. The van der Waals surface area contributed by atoms with Gasteiger partial charge >= 0.3 is 17.8 Å². The number of amides is 4. The van der Waals surface area contributed by atoms with E-state index in [9.17, 15) is 18.8 Å². The molecule has 1 aromatic heterocycles. The lowest BCUT2D eigenvalue weighted by molar-refractivity contribution is -0.144. The van der Waals surface area contributed by atoms with Crippen molar-refractivity contribution in [1.29, 1.82) is 0 Å². The Bertz CT molecular complexity index is 1080. The molecule has 0 N–H and O–H groups in total. The molecule has 1 saturated heterocycles. The molecule has 2 aromatic carbocycles. The van der Waals surface area contributed by atoms with Gasteiger partial charge in [-0.15, -0.1) is 0 Å². The molecule has 0 aliphatic carbocycles. The largest absolute Gasteiger partial charge is 0.444 e. The third kappa shape index (κ3) is 3.40. The Balaban J connectivity index is 1.54. The van der Waals surface area contributed by atoms with Crippen LogP contribution in [0.15, 0.2) is 65.3 Å². The number of hydrogen-bond acceptors (Lipinski definition) is 5. The summed E-state index contributed by atoms with van der Waals surface area (Å²) in [5, 5.41) is 0. The van der Waals surface area contributed by atoms with Crippen molar-refractivity contribution >= 4 is 17.8 Å². The molecule has 0 bridgehead atoms. The van der Waals surface area contributed by atoms with Gasteiger partial charge in [0.25, 0.3) is 0 Å². The second-order valence-corrected chi connectivity index (χ2v) is 6.59. The minimum absolute atomic E-state index is 0.202. The first kappa shape index (κ1) is 18.5. The molecule has 2 heterocycles. The predicted octanol–water partition coefficient (Wildman–Crippen LogP) is 3.53. The minimum atomic E-state index is -0.913. The van der Waals surface area contributed by atoms with Gasteiger partial charge in [0, 0.05) is 5.56 Å². The van der Waals surface area contributed by atoms with Crippen LogP contribution in [0.25, 0.3) is 11.5 Å². The number of nitrogens with zero attached hydrogens (tertiary/aromatic N) is 3. The molecule has 0 spiro atoms. The molecule has 146 valence electrons. The first-order valence-electron chi connectivity index (χ1n) is 8.90. The zero-order chi connectivity index (χ0) is 20.5. The zero-order valence-corrected chi connectivity index (χ0v) is 15.4. The van der Waals surface area contributed by atoms with Crippen molar-refractivity contribution in [3.8, 4) is 11.5 Å². The maximum Gasteiger partial charge on any atom is 0.335 e. The normalized spacial score (nSPS) is 15.3. The molecule has 1 aliphatic heterocycles. The number of hydrogen-bond donors (Lipinski definition) is 0. The van der Waals surface area contributed by atoms with Gasteiger partial charge in [-0.25, -0.2) is 24.0 Å². The van der Waals surface area contributed by atoms with Crippen LogP contribution in [0, 0.1) is 5.82 Å². The first-order valence-corrected chi connectivity index (χ1v) is 8.90. The molecule has 4 amide bonds. The van der Waals surface area contributed by atoms with E-state index in [0.29, 0.717) is 11.3 Å². The molecule has 1 unspecified atom stereocenters. The summed E-state index contributed by atoms with van der Waals surface area (Å²) in [5.74, 6) is -1.96. The van der Waals surface area contributed by atoms with Gasteiger partial charge in [-0.05, 0) is 36.8 Å². The van der Waals surface area contributed by atoms with Gasteiger partial charge in [0.15, 0.2) is 0 Å². The van der Waals surface area contributed by atoms with Crippen molar-refractivity contribution < 1.29 is 23.2 Å². The lowest BCUT2D eigenvalue weighted by Crippen LogP contribution is -2.35. The van der Waals surface area contributed by atoms with E-state index >= 15 is 0 Å². The Morgan fingerprint density at radius 2 is 1.69 bits per heavy atom. The topological polar surface area (TPSA) is 83.7 Å². The fraction of sp³-hybridized carbons (Fsp3) is 0.143. The fourth-order valence-corrected chi connectivity index (χ4v) is 3.15. The molecule has 1 fully saturated rings. The average molecular weight is 393 g/mol. The van der Waals surface area contributed by atoms with Crippen molar-refractivity contribution in [1.82, 2.24) is 14.8 Å². The molecule has 3 aromatic rings. The van der Waals surface area contributed by atoms with Gasteiger partial charge in [-0.2, -0.15) is 0 Å². The number of carbonyl (C=O) groups is 3. The van der Waals surface area contributed by atoms with Crippen molar-refractivity contribution in [2.75, 3.05) is 0 Å². The van der Waals surface area contributed by atoms with Crippen LogP contribution >= 0.6 is 0 Å². The fourth-order valence-electron chi connectivity index (χ4n) is 3.15. The minimum Gasteiger partial charge on any atom is -0.444 e. The summed E-state index contributed by atoms with van der Waals surface area (Å²) in [5.41, 5.74) is 1.59. The summed E-state index contributed by atoms with van der Waals surface area (Å²) >= 11 is 0. The highest BCUT2D eigenvalue weighted by Gasteiger charge is 2.47. The second kappa shape index (κ2) is 7.31. The van der Waals surface area contributed by atoms with Gasteiger partial charge in [0.05, 0.1) is 18.3 Å². The van der Waals surface area contributed by atoms with E-state index in [-0.39, 0.29) is 18.3 Å². The lowest BCUT2D eigenvalue weighted by Gasteiger charge is -2.22. The number of benzene rings is 2. The van der Waals surface area contributed by atoms with E-state index in [1.165, 1.54) is 30.5 Å². The number of oxazole rings is 1. The molecule has 8 heteroatoms. The molecular formula is C21H16FN3O4. The van der Waals surface area contributed by atoms with Crippen LogP contribution in [0.5, 0.6) is 0 Å². The standard InChI is InChI=1S/C21H16FN3O4/c1-13(14-5-3-2-4-6-14)25-20(27)19(26)24(21(25)28)11-17-12-29-18(23-17)15-7-9-16(22)10-8-15/h2-10,12-13H,11H2,1H3. The highest BCUT2D eigenvalue weighted by atomic mass is 19.1. The van der Waals surface area contributed by atoms with Crippen LogP contribution in [-0.4, -0.2) is 32.6 Å². The summed E-state index contributed by atoms with van der Waals surface area (Å²) in [4.78, 5) is 43.6. The Hall–Kier alpha value is -3.81. The van der Waals surface area contributed by atoms with Gasteiger partial charge in [-0.1, -0.05) is 30.3 Å². The molecule has 0 saturated carbocycles. The van der Waals surface area contributed by atoms with Gasteiger partial charge in [0.2, 0.25) is 5.89 Å². The van der Waals surface area contributed by atoms with E-state index in [2.05, 4.69) is 4.98 Å². The number of carbonyl (C=O) groups excluding carboxylic acids is 3. The summed E-state index contributed by atoms with van der Waals surface area (Å²) in [6.07, 6.45) is 1.30. The van der Waals surface area contributed by atoms with Gasteiger partial charge in [0.1, 0.15) is 12.1 Å². The Kier molecular flexibility index (Phi) is 4.67. The molecule has 1 aliphatic rings. The highest BCUT2D eigenvalue weighted by molar-refractivity contribution is 6.44. The van der Waals surface area contributed by atoms with Crippen molar-refractivity contribution in [2.24, 2.45) is 0 Å². The molecular weight excluding hydrogens is 377 g/mol. The number of aromatic nitrogens is 1. The number of halogens is 1. The van der Waals surface area contributed by atoms with Crippen LogP contribution in [0.3, 0.4) is 0 Å². The summed E-state index contributed by atoms with van der Waals surface area (Å²) in [6.45, 7) is 1.48. The van der Waals surface area contributed by atoms with Crippen LogP contribution in [-0.2, 0) is 16.1 Å². The summed E-state index contributed by atoms with van der Waals surface area (Å²) in [6, 6.07) is 13.2. The van der Waals surface area contributed by atoms with Crippen LogP contribution in [0.1, 0.15) is 24.2 Å². The zero-order valence-electron chi connectivity index (χ0n) is 15.4. The highest BCUT2D eigenvalue weighted by Crippen LogP contribution is 2.27. The third-order valence-corrected chi connectivity index (χ3v) is 4.72. The van der Waals surface area contributed by atoms with E-state index in [4.69, 9.17) is 4.42 Å². The first-order chi connectivity index (χ1) is 14.0. The van der Waals surface area contributed by atoms with Gasteiger partial charge < -0.3 is 4.42 Å². The van der Waals surface area contributed by atoms with Crippen LogP contribution < -0.4 is 0 Å². The van der Waals surface area contributed by atoms with E-state index in [1.54, 1.807) is 31.2 Å². The van der Waals surface area contributed by atoms with Crippen molar-refractivity contribution in [2.45, 2.75) is 19.5 Å². The molecule has 4 rings (SSSR count). The average Bonchev–Trinajstić information content (AvgIpc) is 3.28. The Morgan fingerprint density at radius 3 is 2.38 bits per heavy atom. The summed E-state index contributed by atoms with van der Waals surface area (Å²) in [7, 11) is 0. The maximum absolute atomic E-state index is 13.1. The lowest BCUT2D eigenvalue weighted by atomic mass is 10.1. The molecule has 7 nitrogen and oxygen atoms in total. The number of urea groups is 1. The van der Waals surface area contributed by atoms with Gasteiger partial charge in [-0.3, -0.25) is 9.59 Å². The smallest absolute Gasteiger partial charge is 0.335 e. The number of imide groups is 2. The monoisotopic (exact) mass is 393 g/mol. The molecule has 29 heavy (non-hydrogen) atoms. The maximum atomic E-state index is 13.1. The van der Waals surface area contributed by atoms with E-state index in [1.807, 2.05) is 6.07 Å². The van der Waals surface area contributed by atoms with E-state index < -0.39 is 23.9 Å². The Labute approximate surface area is 165 Å². The SMILES string of the molecule is CC(c1ccccc1)N1C(=O)C(=O)N(Cc2coc(-c3ccc(F)cc3)n2)C1=O. The summed E-state index contributed by atoms with van der Waals surface area (Å²) < 4.78 is 18.4. The van der Waals surface area contributed by atoms with E-state index in [0.717, 1.165) is 15.4 Å². The van der Waals surface area contributed by atoms with Crippen molar-refractivity contribution in [3.63, 3.8) is 0 Å². The third-order valence-electron chi connectivity index (χ3n) is 4.72.